The van der Waals surface area contributed by atoms with E-state index in [0.29, 0.717) is 26.2 Å². The van der Waals surface area contributed by atoms with Crippen LogP contribution in [0.2, 0.25) is 0 Å². The Kier molecular flexibility index (Phi) is 4.94. The van der Waals surface area contributed by atoms with Gasteiger partial charge in [-0.25, -0.2) is 13.8 Å². The quantitative estimate of drug-likeness (QED) is 0.889. The van der Waals surface area contributed by atoms with Crippen molar-refractivity contribution in [2.45, 2.75) is 18.8 Å². The Morgan fingerprint density at radius 2 is 2.26 bits per heavy atom. The molecule has 1 saturated heterocycles. The monoisotopic (exact) mass is 324 g/mol. The van der Waals surface area contributed by atoms with Crippen LogP contribution in [0.25, 0.3) is 0 Å². The molecule has 3 rings (SSSR count). The predicted molar refractivity (Wildman–Crippen MR) is 77.5 cm³/mol. The first kappa shape index (κ1) is 16.0. The Bertz CT molecular complexity index is 638. The Hall–Kier alpha value is -1.90. The van der Waals surface area contributed by atoms with Crippen LogP contribution in [0.4, 0.5) is 8.78 Å². The highest BCUT2D eigenvalue weighted by molar-refractivity contribution is 5.21. The second-order valence-corrected chi connectivity index (χ2v) is 5.55. The average molecular weight is 324 g/mol. The van der Waals surface area contributed by atoms with Crippen LogP contribution in [0.3, 0.4) is 0 Å². The average Bonchev–Trinajstić information content (AvgIpc) is 3.00. The van der Waals surface area contributed by atoms with Gasteiger partial charge < -0.3 is 9.84 Å². The predicted octanol–water partition coefficient (Wildman–Crippen LogP) is 0.991. The standard InChI is InChI=1S/C15H18F2N4O2/c16-11-1-2-13(14(17)5-11)15(22)8-20-3-4-23-12(6-20)7-21-10-18-9-19-21/h1-2,5,9-10,12,15,22H,3-4,6-8H2/t12-,15+/m0/s1. The van der Waals surface area contributed by atoms with Gasteiger partial charge in [-0.05, 0) is 6.07 Å². The Morgan fingerprint density at radius 3 is 3.00 bits per heavy atom. The Balaban J connectivity index is 1.58. The maximum absolute atomic E-state index is 13.7. The summed E-state index contributed by atoms with van der Waals surface area (Å²) in [5.41, 5.74) is 0.103. The highest BCUT2D eigenvalue weighted by atomic mass is 19.1. The number of aliphatic hydroxyl groups excluding tert-OH is 1. The summed E-state index contributed by atoms with van der Waals surface area (Å²) < 4.78 is 34.0. The van der Waals surface area contributed by atoms with Gasteiger partial charge in [-0.15, -0.1) is 0 Å². The fourth-order valence-electron chi connectivity index (χ4n) is 2.71. The molecule has 2 heterocycles. The summed E-state index contributed by atoms with van der Waals surface area (Å²) in [6.07, 6.45) is 1.99. The SMILES string of the molecule is O[C@H](CN1CCO[C@H](Cn2cncn2)C1)c1ccc(F)cc1F. The van der Waals surface area contributed by atoms with E-state index in [-0.39, 0.29) is 18.2 Å². The summed E-state index contributed by atoms with van der Waals surface area (Å²) in [6.45, 7) is 2.60. The van der Waals surface area contributed by atoms with Crippen LogP contribution in [0.1, 0.15) is 11.7 Å². The minimum absolute atomic E-state index is 0.0734. The number of rotatable bonds is 5. The molecule has 0 aliphatic carbocycles. The molecule has 0 amide bonds. The third-order valence-corrected chi connectivity index (χ3v) is 3.83. The zero-order valence-corrected chi connectivity index (χ0v) is 12.5. The molecule has 1 aromatic heterocycles. The third-order valence-electron chi connectivity index (χ3n) is 3.83. The maximum Gasteiger partial charge on any atom is 0.137 e. The summed E-state index contributed by atoms with van der Waals surface area (Å²) in [5, 5.41) is 14.3. The van der Waals surface area contributed by atoms with Gasteiger partial charge in [-0.1, -0.05) is 6.07 Å². The van der Waals surface area contributed by atoms with E-state index >= 15 is 0 Å². The van der Waals surface area contributed by atoms with Gasteiger partial charge in [-0.3, -0.25) is 9.58 Å². The number of ether oxygens (including phenoxy) is 1. The molecule has 8 heteroatoms. The van der Waals surface area contributed by atoms with Gasteiger partial charge >= 0.3 is 0 Å². The molecule has 2 aromatic rings. The van der Waals surface area contributed by atoms with Crippen molar-refractivity contribution in [3.8, 4) is 0 Å². The van der Waals surface area contributed by atoms with E-state index in [0.717, 1.165) is 12.1 Å². The molecule has 23 heavy (non-hydrogen) atoms. The number of β-amino-alcohol motifs (C(OH)–C–C–N with tert-alkyl or cyclic N) is 1. The number of nitrogens with zero attached hydrogens (tertiary/aromatic N) is 4. The van der Waals surface area contributed by atoms with Crippen molar-refractivity contribution in [1.82, 2.24) is 19.7 Å². The van der Waals surface area contributed by atoms with Crippen molar-refractivity contribution in [1.29, 1.82) is 0 Å². The molecule has 0 unspecified atom stereocenters. The van der Waals surface area contributed by atoms with Crippen molar-refractivity contribution < 1.29 is 18.6 Å². The molecular formula is C15H18F2N4O2. The first-order chi connectivity index (χ1) is 11.1. The first-order valence-electron chi connectivity index (χ1n) is 7.41. The first-order valence-corrected chi connectivity index (χ1v) is 7.41. The van der Waals surface area contributed by atoms with Crippen molar-refractivity contribution in [3.63, 3.8) is 0 Å². The van der Waals surface area contributed by atoms with E-state index in [2.05, 4.69) is 10.1 Å². The summed E-state index contributed by atoms with van der Waals surface area (Å²) in [5.74, 6) is -1.39. The molecule has 1 aliphatic rings. The van der Waals surface area contributed by atoms with E-state index in [1.54, 1.807) is 11.0 Å². The minimum Gasteiger partial charge on any atom is -0.387 e. The Morgan fingerprint density at radius 1 is 1.39 bits per heavy atom. The summed E-state index contributed by atoms with van der Waals surface area (Å²) >= 11 is 0. The molecular weight excluding hydrogens is 306 g/mol. The number of aromatic nitrogens is 3. The minimum atomic E-state index is -1.01. The normalized spacial score (nSPS) is 20.6. The summed E-state index contributed by atoms with van der Waals surface area (Å²) in [4.78, 5) is 5.88. The van der Waals surface area contributed by atoms with Crippen LogP contribution in [0.5, 0.6) is 0 Å². The van der Waals surface area contributed by atoms with Gasteiger partial charge in [0.1, 0.15) is 24.3 Å². The highest BCUT2D eigenvalue weighted by Crippen LogP contribution is 2.20. The molecule has 124 valence electrons. The number of benzene rings is 1. The molecule has 1 N–H and O–H groups in total. The Labute approximate surface area is 132 Å². The number of hydrogen-bond donors (Lipinski definition) is 1. The molecule has 0 radical (unpaired) electrons. The summed E-state index contributed by atoms with van der Waals surface area (Å²) in [7, 11) is 0. The number of aliphatic hydroxyl groups is 1. The van der Waals surface area contributed by atoms with Crippen LogP contribution < -0.4 is 0 Å². The molecule has 1 fully saturated rings. The van der Waals surface area contributed by atoms with Crippen LogP contribution in [0.15, 0.2) is 30.9 Å². The molecule has 0 bridgehead atoms. The molecule has 0 saturated carbocycles. The van der Waals surface area contributed by atoms with E-state index in [4.69, 9.17) is 4.74 Å². The van der Waals surface area contributed by atoms with Gasteiger partial charge in [0.2, 0.25) is 0 Å². The lowest BCUT2D eigenvalue weighted by Crippen LogP contribution is -2.45. The third kappa shape index (κ3) is 4.10. The van der Waals surface area contributed by atoms with Crippen LogP contribution >= 0.6 is 0 Å². The van der Waals surface area contributed by atoms with E-state index < -0.39 is 17.7 Å². The van der Waals surface area contributed by atoms with Crippen LogP contribution in [-0.2, 0) is 11.3 Å². The fourth-order valence-corrected chi connectivity index (χ4v) is 2.71. The van der Waals surface area contributed by atoms with Crippen molar-refractivity contribution in [2.75, 3.05) is 26.2 Å². The van der Waals surface area contributed by atoms with Gasteiger partial charge in [0, 0.05) is 31.3 Å². The van der Waals surface area contributed by atoms with E-state index in [1.165, 1.54) is 12.4 Å². The maximum atomic E-state index is 13.7. The zero-order valence-electron chi connectivity index (χ0n) is 12.5. The summed E-state index contributed by atoms with van der Waals surface area (Å²) in [6, 6.07) is 3.21. The van der Waals surface area contributed by atoms with Crippen molar-refractivity contribution in [3.05, 3.63) is 48.1 Å². The van der Waals surface area contributed by atoms with Crippen molar-refractivity contribution >= 4 is 0 Å². The fraction of sp³-hybridized carbons (Fsp3) is 0.467. The largest absolute Gasteiger partial charge is 0.387 e. The van der Waals surface area contributed by atoms with Crippen molar-refractivity contribution in [2.24, 2.45) is 0 Å². The lowest BCUT2D eigenvalue weighted by Gasteiger charge is -2.34. The lowest BCUT2D eigenvalue weighted by molar-refractivity contribution is -0.0489. The van der Waals surface area contributed by atoms with Crippen LogP contribution in [0, 0.1) is 11.6 Å². The number of halogens is 2. The molecule has 2 atom stereocenters. The van der Waals surface area contributed by atoms with Crippen LogP contribution in [-0.4, -0.2) is 57.1 Å². The highest BCUT2D eigenvalue weighted by Gasteiger charge is 2.24. The van der Waals surface area contributed by atoms with Gasteiger partial charge in [0.05, 0.1) is 25.4 Å². The molecule has 6 nitrogen and oxygen atoms in total. The second kappa shape index (κ2) is 7.12. The topological polar surface area (TPSA) is 63.4 Å². The lowest BCUT2D eigenvalue weighted by atomic mass is 10.1. The van der Waals surface area contributed by atoms with E-state index in [1.807, 2.05) is 4.90 Å². The zero-order chi connectivity index (χ0) is 16.2. The van der Waals surface area contributed by atoms with Gasteiger partial charge in [-0.2, -0.15) is 5.10 Å². The molecule has 0 spiro atoms. The molecule has 1 aliphatic heterocycles. The van der Waals surface area contributed by atoms with E-state index in [9.17, 15) is 13.9 Å². The van der Waals surface area contributed by atoms with Gasteiger partial charge in [0.15, 0.2) is 0 Å². The number of morpholine rings is 1. The molecule has 1 aromatic carbocycles. The second-order valence-electron chi connectivity index (χ2n) is 5.55. The smallest absolute Gasteiger partial charge is 0.137 e. The van der Waals surface area contributed by atoms with Gasteiger partial charge in [0.25, 0.3) is 0 Å². The number of hydrogen-bond acceptors (Lipinski definition) is 5.